The molecule has 0 aliphatic carbocycles. The number of nitrogens with one attached hydrogen (secondary N) is 1. The SMILES string of the molecule is COc1ccccc1OCCN(C)C(=O)CC1CC2CCC(C1)N2. The maximum absolute atomic E-state index is 12.4. The van der Waals surface area contributed by atoms with Crippen LogP contribution in [-0.4, -0.2) is 50.2 Å². The average molecular weight is 332 g/mol. The summed E-state index contributed by atoms with van der Waals surface area (Å²) in [6, 6.07) is 8.86. The third kappa shape index (κ3) is 4.20. The second-order valence-corrected chi connectivity index (χ2v) is 6.99. The molecule has 132 valence electrons. The van der Waals surface area contributed by atoms with Crippen LogP contribution in [0.2, 0.25) is 0 Å². The van der Waals surface area contributed by atoms with E-state index in [0.717, 1.165) is 24.3 Å². The molecule has 24 heavy (non-hydrogen) atoms. The topological polar surface area (TPSA) is 50.8 Å². The summed E-state index contributed by atoms with van der Waals surface area (Å²) in [5.74, 6) is 2.20. The van der Waals surface area contributed by atoms with Gasteiger partial charge in [-0.1, -0.05) is 12.1 Å². The molecule has 2 unspecified atom stereocenters. The van der Waals surface area contributed by atoms with Crippen LogP contribution in [0.4, 0.5) is 0 Å². The fourth-order valence-electron chi connectivity index (χ4n) is 3.90. The quantitative estimate of drug-likeness (QED) is 0.833. The van der Waals surface area contributed by atoms with E-state index in [4.69, 9.17) is 9.47 Å². The number of methoxy groups -OCH3 is 1. The molecule has 0 aromatic heterocycles. The Morgan fingerprint density at radius 1 is 1.21 bits per heavy atom. The molecular formula is C19H28N2O3. The number of ether oxygens (including phenoxy) is 2. The minimum absolute atomic E-state index is 0.227. The van der Waals surface area contributed by atoms with E-state index in [9.17, 15) is 4.79 Å². The Morgan fingerprint density at radius 2 is 1.88 bits per heavy atom. The van der Waals surface area contributed by atoms with E-state index in [2.05, 4.69) is 5.32 Å². The van der Waals surface area contributed by atoms with Crippen molar-refractivity contribution < 1.29 is 14.3 Å². The van der Waals surface area contributed by atoms with Gasteiger partial charge in [0, 0.05) is 25.6 Å². The lowest BCUT2D eigenvalue weighted by Crippen LogP contribution is -2.40. The monoisotopic (exact) mass is 332 g/mol. The number of carbonyl (C=O) groups is 1. The lowest BCUT2D eigenvalue weighted by Gasteiger charge is -2.30. The summed E-state index contributed by atoms with van der Waals surface area (Å²) >= 11 is 0. The van der Waals surface area contributed by atoms with E-state index in [1.54, 1.807) is 12.0 Å². The zero-order valence-corrected chi connectivity index (χ0v) is 14.7. The van der Waals surface area contributed by atoms with Gasteiger partial charge >= 0.3 is 0 Å². The summed E-state index contributed by atoms with van der Waals surface area (Å²) in [7, 11) is 3.49. The highest BCUT2D eigenvalue weighted by Crippen LogP contribution is 2.33. The second kappa shape index (κ2) is 7.88. The van der Waals surface area contributed by atoms with Crippen LogP contribution in [0.15, 0.2) is 24.3 Å². The first-order chi connectivity index (χ1) is 11.7. The molecule has 2 aliphatic rings. The summed E-state index contributed by atoms with van der Waals surface area (Å²) in [5, 5.41) is 3.63. The first-order valence-electron chi connectivity index (χ1n) is 8.91. The van der Waals surface area contributed by atoms with Crippen LogP contribution in [0.5, 0.6) is 11.5 Å². The Labute approximate surface area is 144 Å². The number of benzene rings is 1. The largest absolute Gasteiger partial charge is 0.493 e. The van der Waals surface area contributed by atoms with E-state index in [1.807, 2.05) is 31.3 Å². The van der Waals surface area contributed by atoms with Gasteiger partial charge in [-0.05, 0) is 43.7 Å². The number of carbonyl (C=O) groups excluding carboxylic acids is 1. The molecular weight excluding hydrogens is 304 g/mol. The number of hydrogen-bond acceptors (Lipinski definition) is 4. The molecule has 5 heteroatoms. The Hall–Kier alpha value is -1.75. The van der Waals surface area contributed by atoms with Crippen LogP contribution < -0.4 is 14.8 Å². The van der Waals surface area contributed by atoms with Gasteiger partial charge in [-0.15, -0.1) is 0 Å². The lowest BCUT2D eigenvalue weighted by molar-refractivity contribution is -0.131. The van der Waals surface area contributed by atoms with Crippen LogP contribution in [-0.2, 0) is 4.79 Å². The van der Waals surface area contributed by atoms with Crippen molar-refractivity contribution in [1.29, 1.82) is 0 Å². The van der Waals surface area contributed by atoms with Gasteiger partial charge in [0.15, 0.2) is 11.5 Å². The standard InChI is InChI=1S/C19H28N2O3/c1-21(9-10-24-18-6-4-3-5-17(18)23-2)19(22)13-14-11-15-7-8-16(12-14)20-15/h3-6,14-16,20H,7-13H2,1-2H3. The minimum Gasteiger partial charge on any atom is -0.493 e. The normalized spacial score (nSPS) is 25.3. The Morgan fingerprint density at radius 3 is 2.54 bits per heavy atom. The van der Waals surface area contributed by atoms with Crippen molar-refractivity contribution >= 4 is 5.91 Å². The highest BCUT2D eigenvalue weighted by Gasteiger charge is 2.34. The molecule has 0 spiro atoms. The zero-order valence-electron chi connectivity index (χ0n) is 14.7. The van der Waals surface area contributed by atoms with Crippen LogP contribution in [0, 0.1) is 5.92 Å². The van der Waals surface area contributed by atoms with Crippen molar-refractivity contribution in [2.24, 2.45) is 5.92 Å². The molecule has 1 aromatic rings. The van der Waals surface area contributed by atoms with E-state index >= 15 is 0 Å². The molecule has 2 atom stereocenters. The summed E-state index contributed by atoms with van der Waals surface area (Å²) in [5.41, 5.74) is 0. The molecule has 0 radical (unpaired) electrons. The average Bonchev–Trinajstić information content (AvgIpc) is 2.93. The second-order valence-electron chi connectivity index (χ2n) is 6.99. The van der Waals surface area contributed by atoms with Gasteiger partial charge < -0.3 is 19.7 Å². The number of piperidine rings is 1. The maximum Gasteiger partial charge on any atom is 0.222 e. The summed E-state index contributed by atoms with van der Waals surface area (Å²) in [4.78, 5) is 14.2. The highest BCUT2D eigenvalue weighted by atomic mass is 16.5. The molecule has 2 saturated heterocycles. The number of likely N-dealkylation sites (N-methyl/N-ethyl adjacent to an activating group) is 1. The van der Waals surface area contributed by atoms with E-state index in [0.29, 0.717) is 37.6 Å². The summed E-state index contributed by atoms with van der Waals surface area (Å²) in [6.07, 6.45) is 5.51. The van der Waals surface area contributed by atoms with E-state index in [1.165, 1.54) is 12.8 Å². The maximum atomic E-state index is 12.4. The molecule has 2 fully saturated rings. The molecule has 1 N–H and O–H groups in total. The third-order valence-corrected chi connectivity index (χ3v) is 5.21. The molecule has 5 nitrogen and oxygen atoms in total. The number of hydrogen-bond donors (Lipinski definition) is 1. The number of nitrogens with zero attached hydrogens (tertiary/aromatic N) is 1. The number of fused-ring (bicyclic) bond motifs is 2. The minimum atomic E-state index is 0.227. The van der Waals surface area contributed by atoms with Crippen LogP contribution in [0.1, 0.15) is 32.1 Å². The molecule has 0 saturated carbocycles. The molecule has 2 aliphatic heterocycles. The number of rotatable bonds is 7. The van der Waals surface area contributed by atoms with Crippen molar-refractivity contribution in [3.63, 3.8) is 0 Å². The van der Waals surface area contributed by atoms with Crippen molar-refractivity contribution in [3.8, 4) is 11.5 Å². The van der Waals surface area contributed by atoms with Crippen molar-refractivity contribution in [1.82, 2.24) is 10.2 Å². The Kier molecular flexibility index (Phi) is 5.61. The third-order valence-electron chi connectivity index (χ3n) is 5.21. The van der Waals surface area contributed by atoms with Gasteiger partial charge in [-0.2, -0.15) is 0 Å². The summed E-state index contributed by atoms with van der Waals surface area (Å²) < 4.78 is 11.0. The fourth-order valence-corrected chi connectivity index (χ4v) is 3.90. The highest BCUT2D eigenvalue weighted by molar-refractivity contribution is 5.76. The fraction of sp³-hybridized carbons (Fsp3) is 0.632. The van der Waals surface area contributed by atoms with Gasteiger partial charge in [0.2, 0.25) is 5.91 Å². The smallest absolute Gasteiger partial charge is 0.222 e. The van der Waals surface area contributed by atoms with Gasteiger partial charge in [0.05, 0.1) is 13.7 Å². The predicted octanol–water partition coefficient (Wildman–Crippen LogP) is 2.45. The van der Waals surface area contributed by atoms with Crippen LogP contribution in [0.25, 0.3) is 0 Å². The number of para-hydroxylation sites is 2. The van der Waals surface area contributed by atoms with E-state index < -0.39 is 0 Å². The Balaban J connectivity index is 1.41. The van der Waals surface area contributed by atoms with Gasteiger partial charge in [0.1, 0.15) is 6.61 Å². The van der Waals surface area contributed by atoms with Crippen LogP contribution >= 0.6 is 0 Å². The molecule has 2 bridgehead atoms. The predicted molar refractivity (Wildman–Crippen MR) is 93.4 cm³/mol. The molecule has 1 amide bonds. The van der Waals surface area contributed by atoms with Gasteiger partial charge in [0.25, 0.3) is 0 Å². The number of amides is 1. The van der Waals surface area contributed by atoms with Crippen molar-refractivity contribution in [2.45, 2.75) is 44.2 Å². The molecule has 1 aromatic carbocycles. The van der Waals surface area contributed by atoms with Gasteiger partial charge in [-0.25, -0.2) is 0 Å². The van der Waals surface area contributed by atoms with Gasteiger partial charge in [-0.3, -0.25) is 4.79 Å². The van der Waals surface area contributed by atoms with Crippen molar-refractivity contribution in [2.75, 3.05) is 27.3 Å². The molecule has 3 rings (SSSR count). The lowest BCUT2D eigenvalue weighted by atomic mass is 9.89. The van der Waals surface area contributed by atoms with Crippen LogP contribution in [0.3, 0.4) is 0 Å². The Bertz CT molecular complexity index is 551. The molecule has 2 heterocycles. The first kappa shape index (κ1) is 17.1. The zero-order chi connectivity index (χ0) is 16.9. The van der Waals surface area contributed by atoms with Crippen molar-refractivity contribution in [3.05, 3.63) is 24.3 Å². The first-order valence-corrected chi connectivity index (χ1v) is 8.91. The van der Waals surface area contributed by atoms with E-state index in [-0.39, 0.29) is 5.91 Å². The summed E-state index contributed by atoms with van der Waals surface area (Å²) in [6.45, 7) is 1.06.